The van der Waals surface area contributed by atoms with Gasteiger partial charge < -0.3 is 4.32 Å². The van der Waals surface area contributed by atoms with E-state index in [4.69, 9.17) is 0 Å². The summed E-state index contributed by atoms with van der Waals surface area (Å²) >= 11 is 0. The van der Waals surface area contributed by atoms with E-state index in [9.17, 15) is 4.32 Å². The largest absolute Gasteiger partial charge is 1.00 e. The zero-order chi connectivity index (χ0) is 5.82. The molecule has 3 heteroatoms. The van der Waals surface area contributed by atoms with Gasteiger partial charge in [0.2, 0.25) is 0 Å². The van der Waals surface area contributed by atoms with Crippen LogP contribution in [0.1, 0.15) is 0 Å². The molecule has 0 unspecified atom stereocenters. The summed E-state index contributed by atoms with van der Waals surface area (Å²) in [7, 11) is 0.583. The van der Waals surface area contributed by atoms with E-state index in [-0.39, 0.29) is 29.6 Å². The molecule has 1 aromatic carbocycles. The molecule has 0 saturated carbocycles. The quantitative estimate of drug-likeness (QED) is 0.382. The Morgan fingerprint density at radius 1 is 1.11 bits per heavy atom. The van der Waals surface area contributed by atoms with Gasteiger partial charge in [-0.25, -0.2) is 5.46 Å². The van der Waals surface area contributed by atoms with E-state index in [2.05, 4.69) is 0 Å². The third kappa shape index (κ3) is 3.04. The van der Waals surface area contributed by atoms with Crippen molar-refractivity contribution in [2.75, 3.05) is 0 Å². The average molecular weight is 130 g/mol. The first-order chi connectivity index (χ1) is 3.93. The van der Waals surface area contributed by atoms with E-state index >= 15 is 0 Å². The fourth-order valence-corrected chi connectivity index (χ4v) is 0.526. The van der Waals surface area contributed by atoms with Crippen molar-refractivity contribution in [3.8, 4) is 0 Å². The van der Waals surface area contributed by atoms with Crippen molar-refractivity contribution in [3.05, 3.63) is 30.3 Å². The molecule has 0 spiro atoms. The van der Waals surface area contributed by atoms with E-state index in [0.29, 0.717) is 13.0 Å². The first-order valence-electron chi connectivity index (χ1n) is 2.42. The summed E-state index contributed by atoms with van der Waals surface area (Å²) in [5.41, 5.74) is 0.618. The summed E-state index contributed by atoms with van der Waals surface area (Å²) in [6.45, 7) is 0. The molecule has 0 aliphatic carbocycles. The Bertz CT molecular complexity index is 154. The molecule has 40 valence electrons. The number of halogens is 1. The van der Waals surface area contributed by atoms with Crippen LogP contribution in [-0.2, 0) is 0 Å². The molecule has 0 bridgehead atoms. The molecule has 0 aromatic heterocycles. The predicted molar refractivity (Wildman–Crippen MR) is 32.9 cm³/mol. The standard InChI is InChI=1S/C6H5BF.Na/c8-7-6-4-2-1-3-5-6;/h1-5H;/q-1;+1. The van der Waals surface area contributed by atoms with E-state index in [0.717, 1.165) is 0 Å². The maximum absolute atomic E-state index is 11.6. The number of hydrogen-bond acceptors (Lipinski definition) is 0. The Hall–Kier alpha value is 0.215. The van der Waals surface area contributed by atoms with Gasteiger partial charge in [0.05, 0.1) is 0 Å². The minimum atomic E-state index is 0. The van der Waals surface area contributed by atoms with Gasteiger partial charge in [-0.05, 0) is 0 Å². The fourth-order valence-electron chi connectivity index (χ4n) is 0.526. The molecule has 9 heavy (non-hydrogen) atoms. The zero-order valence-electron chi connectivity index (χ0n) is 5.34. The monoisotopic (exact) mass is 130 g/mol. The van der Waals surface area contributed by atoms with Gasteiger partial charge in [-0.15, -0.1) is 12.1 Å². The summed E-state index contributed by atoms with van der Waals surface area (Å²) in [5.74, 6) is 0. The Kier molecular flexibility index (Phi) is 5.16. The van der Waals surface area contributed by atoms with Crippen molar-refractivity contribution in [3.63, 3.8) is 0 Å². The molecule has 1 rings (SSSR count). The maximum atomic E-state index is 11.6. The van der Waals surface area contributed by atoms with Crippen molar-refractivity contribution in [1.29, 1.82) is 0 Å². The smallest absolute Gasteiger partial charge is 0.593 e. The summed E-state index contributed by atoms with van der Waals surface area (Å²) in [6, 6.07) is 8.86. The topological polar surface area (TPSA) is 0 Å². The molecule has 2 radical (unpaired) electrons. The second kappa shape index (κ2) is 5.04. The molecule has 0 heterocycles. The number of benzene rings is 1. The molecule has 0 fully saturated rings. The van der Waals surface area contributed by atoms with Crippen molar-refractivity contribution in [2.45, 2.75) is 0 Å². The van der Waals surface area contributed by atoms with Crippen LogP contribution in [0, 0.1) is 0 Å². The van der Waals surface area contributed by atoms with Crippen LogP contribution in [0.5, 0.6) is 0 Å². The fraction of sp³-hybridized carbons (Fsp3) is 0. The second-order valence-electron chi connectivity index (χ2n) is 1.52. The summed E-state index contributed by atoms with van der Waals surface area (Å²) in [6.07, 6.45) is 0. The Balaban J connectivity index is 0.000000640. The molecule has 1 aromatic rings. The van der Waals surface area contributed by atoms with Gasteiger partial charge in [-0.1, -0.05) is 25.8 Å². The SMILES string of the molecule is F[B-]c1ccccc1.[Na+]. The van der Waals surface area contributed by atoms with E-state index in [1.165, 1.54) is 0 Å². The molecular formula is C6H5BFNa. The minimum absolute atomic E-state index is 0. The normalized spacial score (nSPS) is 8.11. The number of hydrogen-bond donors (Lipinski definition) is 0. The van der Waals surface area contributed by atoms with Crippen LogP contribution in [-0.4, -0.2) is 7.56 Å². The van der Waals surface area contributed by atoms with Crippen molar-refractivity contribution >= 4 is 13.0 Å². The first kappa shape index (κ1) is 9.21. The van der Waals surface area contributed by atoms with Gasteiger partial charge in [0.25, 0.3) is 0 Å². The molecule has 0 nitrogen and oxygen atoms in total. The zero-order valence-corrected chi connectivity index (χ0v) is 7.34. The van der Waals surface area contributed by atoms with Crippen LogP contribution in [0.2, 0.25) is 0 Å². The minimum Gasteiger partial charge on any atom is -0.593 e. The Labute approximate surface area is 77.0 Å². The van der Waals surface area contributed by atoms with Gasteiger partial charge in [-0.2, -0.15) is 0 Å². The Morgan fingerprint density at radius 3 is 2.00 bits per heavy atom. The third-order valence-corrected chi connectivity index (χ3v) is 0.926. The predicted octanol–water partition coefficient (Wildman–Crippen LogP) is -2.10. The van der Waals surface area contributed by atoms with Gasteiger partial charge in [-0.3, -0.25) is 0 Å². The average Bonchev–Trinajstić information content (AvgIpc) is 1.90. The van der Waals surface area contributed by atoms with Crippen LogP contribution < -0.4 is 35.0 Å². The van der Waals surface area contributed by atoms with Gasteiger partial charge >= 0.3 is 29.6 Å². The van der Waals surface area contributed by atoms with Crippen LogP contribution in [0.25, 0.3) is 0 Å². The summed E-state index contributed by atoms with van der Waals surface area (Å²) < 4.78 is 11.6. The molecule has 0 atom stereocenters. The molecule has 0 N–H and O–H groups in total. The second-order valence-corrected chi connectivity index (χ2v) is 1.52. The van der Waals surface area contributed by atoms with Crippen LogP contribution in [0.3, 0.4) is 0 Å². The number of rotatable bonds is 1. The van der Waals surface area contributed by atoms with E-state index in [1.54, 1.807) is 24.3 Å². The van der Waals surface area contributed by atoms with Gasteiger partial charge in [0, 0.05) is 0 Å². The third-order valence-electron chi connectivity index (χ3n) is 0.926. The van der Waals surface area contributed by atoms with Crippen LogP contribution >= 0.6 is 0 Å². The van der Waals surface area contributed by atoms with Crippen molar-refractivity contribution in [2.24, 2.45) is 0 Å². The molecule has 0 aliphatic rings. The molecule has 0 aliphatic heterocycles. The van der Waals surface area contributed by atoms with Crippen LogP contribution in [0.4, 0.5) is 4.32 Å². The van der Waals surface area contributed by atoms with Gasteiger partial charge in [0.1, 0.15) is 0 Å². The molecule has 0 amide bonds. The van der Waals surface area contributed by atoms with Gasteiger partial charge in [0.15, 0.2) is 0 Å². The summed E-state index contributed by atoms with van der Waals surface area (Å²) in [4.78, 5) is 0. The summed E-state index contributed by atoms with van der Waals surface area (Å²) in [5, 5.41) is 0. The van der Waals surface area contributed by atoms with E-state index < -0.39 is 0 Å². The Morgan fingerprint density at radius 2 is 1.67 bits per heavy atom. The maximum Gasteiger partial charge on any atom is 1.00 e. The van der Waals surface area contributed by atoms with E-state index in [1.807, 2.05) is 6.07 Å². The van der Waals surface area contributed by atoms with Crippen molar-refractivity contribution < 1.29 is 33.9 Å². The van der Waals surface area contributed by atoms with Crippen molar-refractivity contribution in [1.82, 2.24) is 0 Å². The molecule has 0 saturated heterocycles. The molecular weight excluding hydrogens is 125 g/mol. The first-order valence-corrected chi connectivity index (χ1v) is 2.42. The van der Waals surface area contributed by atoms with Crippen LogP contribution in [0.15, 0.2) is 30.3 Å².